The molecule has 120 valence electrons. The van der Waals surface area contributed by atoms with Gasteiger partial charge in [-0.15, -0.1) is 5.10 Å². The molecule has 3 rings (SSSR count). The summed E-state index contributed by atoms with van der Waals surface area (Å²) in [6.07, 6.45) is 1.66. The van der Waals surface area contributed by atoms with Crippen molar-refractivity contribution in [2.24, 2.45) is 0 Å². The standard InChI is InChI=1S/C14H13FN4O2S2/c15-12-3-1-2-11(6-12)10-23(20,21)16-7-13-8-19(18-17-13)14-4-5-22-9-14/h1-6,8-9,16H,7,10H2. The van der Waals surface area contributed by atoms with E-state index in [4.69, 9.17) is 0 Å². The van der Waals surface area contributed by atoms with Crippen LogP contribution in [0, 0.1) is 5.82 Å². The van der Waals surface area contributed by atoms with Gasteiger partial charge in [0.1, 0.15) is 5.82 Å². The number of hydrogen-bond acceptors (Lipinski definition) is 5. The Morgan fingerprint density at radius 2 is 2.17 bits per heavy atom. The summed E-state index contributed by atoms with van der Waals surface area (Å²) in [5.41, 5.74) is 1.76. The van der Waals surface area contributed by atoms with Crippen molar-refractivity contribution in [1.29, 1.82) is 0 Å². The molecule has 0 atom stereocenters. The van der Waals surface area contributed by atoms with Gasteiger partial charge in [0.15, 0.2) is 0 Å². The van der Waals surface area contributed by atoms with Gasteiger partial charge < -0.3 is 0 Å². The van der Waals surface area contributed by atoms with Gasteiger partial charge in [-0.3, -0.25) is 0 Å². The zero-order valence-corrected chi connectivity index (χ0v) is 13.5. The number of nitrogens with zero attached hydrogens (tertiary/aromatic N) is 3. The lowest BCUT2D eigenvalue weighted by atomic mass is 10.2. The Balaban J connectivity index is 1.63. The van der Waals surface area contributed by atoms with Gasteiger partial charge in [0.05, 0.1) is 29.9 Å². The van der Waals surface area contributed by atoms with E-state index in [-0.39, 0.29) is 12.3 Å². The van der Waals surface area contributed by atoms with Gasteiger partial charge in [0, 0.05) is 5.38 Å². The molecule has 0 unspecified atom stereocenters. The van der Waals surface area contributed by atoms with E-state index < -0.39 is 15.8 Å². The molecular formula is C14H13FN4O2S2. The third-order valence-electron chi connectivity index (χ3n) is 3.03. The first kappa shape index (κ1) is 15.8. The molecule has 0 saturated heterocycles. The number of nitrogens with one attached hydrogen (secondary N) is 1. The van der Waals surface area contributed by atoms with Crippen molar-refractivity contribution in [2.75, 3.05) is 0 Å². The second kappa shape index (κ2) is 6.57. The maximum Gasteiger partial charge on any atom is 0.216 e. The SMILES string of the molecule is O=S(=O)(Cc1cccc(F)c1)NCc1cn(-c2ccsc2)nn1. The van der Waals surface area contributed by atoms with E-state index in [1.807, 2.05) is 16.8 Å². The van der Waals surface area contributed by atoms with Crippen molar-refractivity contribution >= 4 is 21.4 Å². The van der Waals surface area contributed by atoms with Crippen LogP contribution >= 0.6 is 11.3 Å². The second-order valence-corrected chi connectivity index (χ2v) is 7.43. The molecule has 9 heteroatoms. The molecule has 0 saturated carbocycles. The molecule has 0 radical (unpaired) electrons. The zero-order chi connectivity index (χ0) is 16.3. The number of rotatable bonds is 6. The summed E-state index contributed by atoms with van der Waals surface area (Å²) in [5, 5.41) is 11.7. The highest BCUT2D eigenvalue weighted by Gasteiger charge is 2.13. The molecule has 0 spiro atoms. The van der Waals surface area contributed by atoms with Gasteiger partial charge >= 0.3 is 0 Å². The van der Waals surface area contributed by atoms with E-state index in [1.165, 1.54) is 29.5 Å². The minimum absolute atomic E-state index is 0.0295. The van der Waals surface area contributed by atoms with Gasteiger partial charge in [-0.05, 0) is 29.1 Å². The van der Waals surface area contributed by atoms with Gasteiger partial charge in [-0.1, -0.05) is 17.3 Å². The normalized spacial score (nSPS) is 11.7. The molecule has 0 amide bonds. The predicted molar refractivity (Wildman–Crippen MR) is 85.1 cm³/mol. The van der Waals surface area contributed by atoms with Crippen LogP contribution in [0.25, 0.3) is 5.69 Å². The third-order valence-corrected chi connectivity index (χ3v) is 5.00. The monoisotopic (exact) mass is 352 g/mol. The second-order valence-electron chi connectivity index (χ2n) is 4.85. The van der Waals surface area contributed by atoms with E-state index >= 15 is 0 Å². The highest BCUT2D eigenvalue weighted by Crippen LogP contribution is 2.11. The number of benzene rings is 1. The van der Waals surface area contributed by atoms with Crippen molar-refractivity contribution < 1.29 is 12.8 Å². The Hall–Kier alpha value is -2.10. The van der Waals surface area contributed by atoms with Crippen LogP contribution in [0.2, 0.25) is 0 Å². The Bertz CT molecular complexity index is 891. The first-order valence-corrected chi connectivity index (χ1v) is 9.27. The van der Waals surface area contributed by atoms with E-state index in [2.05, 4.69) is 15.0 Å². The fraction of sp³-hybridized carbons (Fsp3) is 0.143. The number of aromatic nitrogens is 3. The van der Waals surface area contributed by atoms with Crippen LogP contribution in [0.1, 0.15) is 11.3 Å². The summed E-state index contributed by atoms with van der Waals surface area (Å²) >= 11 is 1.53. The maximum atomic E-state index is 13.1. The molecule has 0 fully saturated rings. The summed E-state index contributed by atoms with van der Waals surface area (Å²) in [6.45, 7) is 0.0295. The van der Waals surface area contributed by atoms with Crippen LogP contribution in [-0.2, 0) is 22.3 Å². The first-order chi connectivity index (χ1) is 11.0. The molecule has 1 N–H and O–H groups in total. The highest BCUT2D eigenvalue weighted by atomic mass is 32.2. The van der Waals surface area contributed by atoms with Gasteiger partial charge in [0.25, 0.3) is 0 Å². The van der Waals surface area contributed by atoms with Crippen LogP contribution < -0.4 is 4.72 Å². The molecule has 0 aliphatic heterocycles. The van der Waals surface area contributed by atoms with Crippen LogP contribution in [-0.4, -0.2) is 23.4 Å². The van der Waals surface area contributed by atoms with Crippen molar-refractivity contribution in [3.8, 4) is 5.69 Å². The number of thiophene rings is 1. The quantitative estimate of drug-likeness (QED) is 0.737. The fourth-order valence-electron chi connectivity index (χ4n) is 1.97. The number of halogens is 1. The summed E-state index contributed by atoms with van der Waals surface area (Å²) in [6, 6.07) is 7.40. The fourth-order valence-corrected chi connectivity index (χ4v) is 3.69. The first-order valence-electron chi connectivity index (χ1n) is 6.67. The average Bonchev–Trinajstić information content (AvgIpc) is 3.16. The maximum absolute atomic E-state index is 13.1. The molecule has 0 aliphatic carbocycles. The topological polar surface area (TPSA) is 76.9 Å². The van der Waals surface area contributed by atoms with Crippen molar-refractivity contribution in [2.45, 2.75) is 12.3 Å². The Kier molecular flexibility index (Phi) is 4.51. The lowest BCUT2D eigenvalue weighted by molar-refractivity contribution is 0.579. The van der Waals surface area contributed by atoms with Crippen LogP contribution in [0.5, 0.6) is 0 Å². The summed E-state index contributed by atoms with van der Waals surface area (Å²) < 4.78 is 41.2. The zero-order valence-electron chi connectivity index (χ0n) is 11.9. The van der Waals surface area contributed by atoms with Crippen LogP contribution in [0.15, 0.2) is 47.3 Å². The Labute approximate surface area is 136 Å². The molecule has 1 aromatic carbocycles. The van der Waals surface area contributed by atoms with E-state index in [1.54, 1.807) is 16.9 Å². The number of sulfonamides is 1. The summed E-state index contributed by atoms with van der Waals surface area (Å²) in [4.78, 5) is 0. The average molecular weight is 352 g/mol. The minimum atomic E-state index is -3.59. The lowest BCUT2D eigenvalue weighted by Gasteiger charge is -2.05. The number of hydrogen-bond donors (Lipinski definition) is 1. The Morgan fingerprint density at radius 1 is 1.30 bits per heavy atom. The molecule has 3 aromatic rings. The van der Waals surface area contributed by atoms with E-state index in [0.717, 1.165) is 5.69 Å². The summed E-state index contributed by atoms with van der Waals surface area (Å²) in [5.74, 6) is -0.750. The molecule has 6 nitrogen and oxygen atoms in total. The molecular weight excluding hydrogens is 339 g/mol. The molecule has 0 aliphatic rings. The van der Waals surface area contributed by atoms with Crippen LogP contribution in [0.3, 0.4) is 0 Å². The van der Waals surface area contributed by atoms with Gasteiger partial charge in [-0.2, -0.15) is 11.3 Å². The molecule has 2 heterocycles. The molecule has 0 bridgehead atoms. The van der Waals surface area contributed by atoms with Crippen LogP contribution in [0.4, 0.5) is 4.39 Å². The van der Waals surface area contributed by atoms with E-state index in [0.29, 0.717) is 11.3 Å². The highest BCUT2D eigenvalue weighted by molar-refractivity contribution is 7.88. The largest absolute Gasteiger partial charge is 0.220 e. The minimum Gasteiger partial charge on any atom is -0.220 e. The van der Waals surface area contributed by atoms with Crippen molar-refractivity contribution in [1.82, 2.24) is 19.7 Å². The molecule has 2 aromatic heterocycles. The predicted octanol–water partition coefficient (Wildman–Crippen LogP) is 2.09. The van der Waals surface area contributed by atoms with Crippen molar-refractivity contribution in [3.05, 3.63) is 64.4 Å². The van der Waals surface area contributed by atoms with E-state index in [9.17, 15) is 12.8 Å². The van der Waals surface area contributed by atoms with Gasteiger partial charge in [0.2, 0.25) is 10.0 Å². The molecule has 23 heavy (non-hydrogen) atoms. The third kappa shape index (κ3) is 4.21. The lowest BCUT2D eigenvalue weighted by Crippen LogP contribution is -2.24. The summed E-state index contributed by atoms with van der Waals surface area (Å²) in [7, 11) is -3.59. The Morgan fingerprint density at radius 3 is 2.91 bits per heavy atom. The van der Waals surface area contributed by atoms with Gasteiger partial charge in [-0.25, -0.2) is 22.2 Å². The smallest absolute Gasteiger partial charge is 0.216 e. The van der Waals surface area contributed by atoms with Crippen molar-refractivity contribution in [3.63, 3.8) is 0 Å².